The van der Waals surface area contributed by atoms with Gasteiger partial charge in [0.05, 0.1) is 10.6 Å². The first-order chi connectivity index (χ1) is 10.9. The van der Waals surface area contributed by atoms with E-state index in [9.17, 15) is 13.2 Å². The summed E-state index contributed by atoms with van der Waals surface area (Å²) < 4.78 is 26.2. The van der Waals surface area contributed by atoms with Crippen LogP contribution in [0.3, 0.4) is 0 Å². The number of carbonyl (C=O) groups excluding carboxylic acids is 1. The number of anilines is 1. The van der Waals surface area contributed by atoms with Crippen molar-refractivity contribution in [3.63, 3.8) is 0 Å². The Hall–Kier alpha value is -2.02. The molecule has 2 aromatic carbocycles. The number of carbonyl (C=O) groups is 1. The Bertz CT molecular complexity index is 1100. The van der Waals surface area contributed by atoms with Crippen LogP contribution >= 0.6 is 23.2 Å². The van der Waals surface area contributed by atoms with E-state index in [0.29, 0.717) is 15.9 Å². The van der Waals surface area contributed by atoms with Gasteiger partial charge in [0, 0.05) is 20.9 Å². The lowest BCUT2D eigenvalue weighted by molar-refractivity contribution is 0.102. The number of hydrogen-bond donors (Lipinski definition) is 2. The number of amides is 1. The molecule has 1 aliphatic rings. The van der Waals surface area contributed by atoms with E-state index < -0.39 is 15.7 Å². The Morgan fingerprint density at radius 1 is 0.957 bits per heavy atom. The molecule has 8 heteroatoms. The third kappa shape index (κ3) is 2.06. The fourth-order valence-corrected chi connectivity index (χ4v) is 4.89. The third-order valence-electron chi connectivity index (χ3n) is 3.69. The van der Waals surface area contributed by atoms with Gasteiger partial charge in [0.1, 0.15) is 10.6 Å². The van der Waals surface area contributed by atoms with Crippen LogP contribution in [0.25, 0.3) is 10.9 Å². The summed E-state index contributed by atoms with van der Waals surface area (Å²) in [5.41, 5.74) is 0.692. The molecular weight excluding hydrogens is 359 g/mol. The summed E-state index contributed by atoms with van der Waals surface area (Å²) >= 11 is 11.9. The molecule has 1 aliphatic heterocycles. The van der Waals surface area contributed by atoms with E-state index in [-0.39, 0.29) is 26.2 Å². The predicted octanol–water partition coefficient (Wildman–Crippen LogP) is 3.87. The van der Waals surface area contributed by atoms with Crippen molar-refractivity contribution in [2.45, 2.75) is 9.79 Å². The summed E-state index contributed by atoms with van der Waals surface area (Å²) in [5.74, 6) is -0.531. The smallest absolute Gasteiger partial charge is 0.273 e. The van der Waals surface area contributed by atoms with E-state index in [4.69, 9.17) is 23.2 Å². The van der Waals surface area contributed by atoms with Gasteiger partial charge in [0.15, 0.2) is 0 Å². The van der Waals surface area contributed by atoms with Gasteiger partial charge in [-0.2, -0.15) is 0 Å². The summed E-state index contributed by atoms with van der Waals surface area (Å²) in [7, 11) is -3.95. The highest BCUT2D eigenvalue weighted by Crippen LogP contribution is 2.39. The van der Waals surface area contributed by atoms with Crippen LogP contribution in [0.1, 0.15) is 10.5 Å². The number of nitrogens with one attached hydrogen (secondary N) is 2. The van der Waals surface area contributed by atoms with Gasteiger partial charge < -0.3 is 10.3 Å². The van der Waals surface area contributed by atoms with Crippen LogP contribution in [0, 0.1) is 0 Å². The number of halogens is 2. The van der Waals surface area contributed by atoms with Gasteiger partial charge in [-0.25, -0.2) is 8.42 Å². The van der Waals surface area contributed by atoms with Gasteiger partial charge >= 0.3 is 0 Å². The topological polar surface area (TPSA) is 79.0 Å². The molecule has 116 valence electrons. The van der Waals surface area contributed by atoms with Crippen LogP contribution in [0.2, 0.25) is 10.0 Å². The number of aromatic amines is 1. The molecule has 4 rings (SSSR count). The van der Waals surface area contributed by atoms with Crippen LogP contribution < -0.4 is 5.32 Å². The Balaban J connectivity index is 2.18. The monoisotopic (exact) mass is 366 g/mol. The fourth-order valence-electron chi connectivity index (χ4n) is 2.69. The number of benzene rings is 2. The molecule has 0 radical (unpaired) electrons. The van der Waals surface area contributed by atoms with E-state index in [1.165, 1.54) is 24.3 Å². The van der Waals surface area contributed by atoms with Crippen molar-refractivity contribution in [2.24, 2.45) is 0 Å². The maximum atomic E-state index is 13.1. The van der Waals surface area contributed by atoms with Crippen LogP contribution in [0.4, 0.5) is 5.69 Å². The standard InChI is InChI=1S/C15H8Cl2N2O3S/c16-7-1-3-10-9(5-7)14-13(18-10)15(20)19-11-4-2-8(17)6-12(11)23(14,21)22/h1-6,18H,(H,19,20). The Kier molecular flexibility index (Phi) is 3.00. The predicted molar refractivity (Wildman–Crippen MR) is 88.2 cm³/mol. The van der Waals surface area contributed by atoms with Crippen molar-refractivity contribution >= 4 is 55.5 Å². The van der Waals surface area contributed by atoms with Crippen molar-refractivity contribution in [1.29, 1.82) is 0 Å². The lowest BCUT2D eigenvalue weighted by Crippen LogP contribution is -2.11. The fraction of sp³-hybridized carbons (Fsp3) is 0. The van der Waals surface area contributed by atoms with Gasteiger partial charge in [-0.15, -0.1) is 0 Å². The quantitative estimate of drug-likeness (QED) is 0.633. The molecule has 2 N–H and O–H groups in total. The molecule has 2 heterocycles. The highest BCUT2D eigenvalue weighted by molar-refractivity contribution is 7.92. The second-order valence-electron chi connectivity index (χ2n) is 5.12. The zero-order valence-electron chi connectivity index (χ0n) is 11.4. The molecule has 0 aliphatic carbocycles. The van der Waals surface area contributed by atoms with Crippen molar-refractivity contribution in [3.8, 4) is 0 Å². The summed E-state index contributed by atoms with van der Waals surface area (Å²) in [5, 5.41) is 3.61. The van der Waals surface area contributed by atoms with Crippen LogP contribution in [0.15, 0.2) is 46.2 Å². The van der Waals surface area contributed by atoms with Gasteiger partial charge in [-0.05, 0) is 36.4 Å². The molecule has 0 atom stereocenters. The van der Waals surface area contributed by atoms with E-state index >= 15 is 0 Å². The van der Waals surface area contributed by atoms with Crippen LogP contribution in [0.5, 0.6) is 0 Å². The normalized spacial score (nSPS) is 15.7. The van der Waals surface area contributed by atoms with E-state index in [1.54, 1.807) is 12.1 Å². The van der Waals surface area contributed by atoms with Gasteiger partial charge in [-0.3, -0.25) is 4.79 Å². The highest BCUT2D eigenvalue weighted by atomic mass is 35.5. The molecule has 23 heavy (non-hydrogen) atoms. The molecule has 1 amide bonds. The zero-order chi connectivity index (χ0) is 16.4. The minimum atomic E-state index is -3.95. The summed E-state index contributed by atoms with van der Waals surface area (Å²) in [6.45, 7) is 0. The average Bonchev–Trinajstić information content (AvgIpc) is 2.84. The second-order valence-corrected chi connectivity index (χ2v) is 7.84. The number of H-pyrrole nitrogens is 1. The highest BCUT2D eigenvalue weighted by Gasteiger charge is 2.35. The first-order valence-corrected chi connectivity index (χ1v) is 8.79. The number of hydrogen-bond acceptors (Lipinski definition) is 3. The Labute approximate surface area is 141 Å². The first-order valence-electron chi connectivity index (χ1n) is 6.55. The molecule has 0 saturated heterocycles. The molecule has 0 fully saturated rings. The maximum Gasteiger partial charge on any atom is 0.273 e. The molecule has 5 nitrogen and oxygen atoms in total. The van der Waals surface area contributed by atoms with E-state index in [1.807, 2.05) is 0 Å². The average molecular weight is 367 g/mol. The number of fused-ring (bicyclic) bond motifs is 4. The second kappa shape index (κ2) is 4.74. The van der Waals surface area contributed by atoms with Crippen LogP contribution in [-0.4, -0.2) is 19.3 Å². The zero-order valence-corrected chi connectivity index (χ0v) is 13.7. The lowest BCUT2D eigenvalue weighted by Gasteiger charge is -2.07. The molecule has 1 aromatic heterocycles. The molecule has 0 spiro atoms. The van der Waals surface area contributed by atoms with E-state index in [0.717, 1.165) is 0 Å². The maximum absolute atomic E-state index is 13.1. The molecule has 0 bridgehead atoms. The Morgan fingerprint density at radius 2 is 1.65 bits per heavy atom. The Morgan fingerprint density at radius 3 is 2.43 bits per heavy atom. The third-order valence-corrected chi connectivity index (χ3v) is 6.04. The van der Waals surface area contributed by atoms with Crippen molar-refractivity contribution < 1.29 is 13.2 Å². The van der Waals surface area contributed by atoms with Crippen molar-refractivity contribution in [2.75, 3.05) is 5.32 Å². The molecular formula is C15H8Cl2N2O3S. The lowest BCUT2D eigenvalue weighted by atomic mass is 10.2. The first kappa shape index (κ1) is 14.6. The molecule has 3 aromatic rings. The number of sulfone groups is 1. The minimum absolute atomic E-state index is 0.0189. The van der Waals surface area contributed by atoms with Crippen LogP contribution in [-0.2, 0) is 9.84 Å². The number of aromatic nitrogens is 1. The van der Waals surface area contributed by atoms with Gasteiger partial charge in [0.25, 0.3) is 5.91 Å². The summed E-state index contributed by atoms with van der Waals surface area (Å²) in [4.78, 5) is 15.1. The summed E-state index contributed by atoms with van der Waals surface area (Å²) in [6.07, 6.45) is 0. The molecule has 0 unspecified atom stereocenters. The summed E-state index contributed by atoms with van der Waals surface area (Å²) in [6, 6.07) is 9.08. The van der Waals surface area contributed by atoms with Crippen molar-refractivity contribution in [3.05, 3.63) is 52.1 Å². The minimum Gasteiger partial charge on any atom is -0.349 e. The number of rotatable bonds is 0. The largest absolute Gasteiger partial charge is 0.349 e. The SMILES string of the molecule is O=C1Nc2ccc(Cl)cc2S(=O)(=O)c2c1[nH]c1ccc(Cl)cc21. The van der Waals surface area contributed by atoms with Crippen molar-refractivity contribution in [1.82, 2.24) is 4.98 Å². The van der Waals surface area contributed by atoms with Gasteiger partial charge in [0.2, 0.25) is 9.84 Å². The van der Waals surface area contributed by atoms with Gasteiger partial charge in [-0.1, -0.05) is 23.2 Å². The molecule has 0 saturated carbocycles. The van der Waals surface area contributed by atoms with E-state index in [2.05, 4.69) is 10.3 Å².